The van der Waals surface area contributed by atoms with Crippen LogP contribution in [0, 0.1) is 5.92 Å². The first-order valence-electron chi connectivity index (χ1n) is 9.05. The van der Waals surface area contributed by atoms with Gasteiger partial charge in [0, 0.05) is 19.6 Å². The Kier molecular flexibility index (Phi) is 5.55. The molecule has 1 aromatic carbocycles. The lowest BCUT2D eigenvalue weighted by Gasteiger charge is -2.30. The van der Waals surface area contributed by atoms with Gasteiger partial charge >= 0.3 is 6.03 Å². The number of urea groups is 1. The van der Waals surface area contributed by atoms with E-state index in [1.54, 1.807) is 0 Å². The van der Waals surface area contributed by atoms with Crippen molar-refractivity contribution in [3.8, 4) is 0 Å². The first-order valence-corrected chi connectivity index (χ1v) is 9.05. The highest BCUT2D eigenvalue weighted by Crippen LogP contribution is 2.22. The number of nitrogens with one attached hydrogen (secondary N) is 2. The van der Waals surface area contributed by atoms with E-state index in [1.165, 1.54) is 61.9 Å². The molecule has 1 aromatic rings. The lowest BCUT2D eigenvalue weighted by molar-refractivity contribution is 0.191. The molecule has 2 N–H and O–H groups in total. The van der Waals surface area contributed by atoms with Crippen LogP contribution in [0.2, 0.25) is 0 Å². The van der Waals surface area contributed by atoms with Crippen molar-refractivity contribution in [2.75, 3.05) is 26.2 Å². The molecule has 0 unspecified atom stereocenters. The molecule has 2 amide bonds. The largest absolute Gasteiger partial charge is 0.337 e. The summed E-state index contributed by atoms with van der Waals surface area (Å²) in [6.07, 6.45) is 6.22. The third-order valence-corrected chi connectivity index (χ3v) is 5.21. The molecule has 0 spiro atoms. The Balaban J connectivity index is 1.33. The Morgan fingerprint density at radius 1 is 1.17 bits per heavy atom. The van der Waals surface area contributed by atoms with Crippen LogP contribution in [0.4, 0.5) is 4.79 Å². The fraction of sp³-hybridized carbons (Fsp3) is 0.632. The van der Waals surface area contributed by atoms with E-state index in [2.05, 4.69) is 40.7 Å². The van der Waals surface area contributed by atoms with Crippen LogP contribution in [-0.2, 0) is 19.4 Å². The van der Waals surface area contributed by atoms with Gasteiger partial charge in [-0.05, 0) is 67.8 Å². The third kappa shape index (κ3) is 4.71. The number of fused-ring (bicyclic) bond motifs is 1. The minimum absolute atomic E-state index is 0.0594. The van der Waals surface area contributed by atoms with E-state index in [-0.39, 0.29) is 6.03 Å². The summed E-state index contributed by atoms with van der Waals surface area (Å²) in [6.45, 7) is 6.95. The summed E-state index contributed by atoms with van der Waals surface area (Å²) in [4.78, 5) is 14.3. The van der Waals surface area contributed by atoms with Gasteiger partial charge in [0.1, 0.15) is 0 Å². The Morgan fingerprint density at radius 2 is 1.96 bits per heavy atom. The second kappa shape index (κ2) is 7.82. The quantitative estimate of drug-likeness (QED) is 0.877. The van der Waals surface area contributed by atoms with Crippen LogP contribution in [0.15, 0.2) is 18.2 Å². The number of hydrogen-bond acceptors (Lipinski definition) is 2. The van der Waals surface area contributed by atoms with E-state index in [0.717, 1.165) is 19.0 Å². The van der Waals surface area contributed by atoms with Crippen LogP contribution in [0.25, 0.3) is 0 Å². The van der Waals surface area contributed by atoms with Gasteiger partial charge in [0.2, 0.25) is 0 Å². The lowest BCUT2D eigenvalue weighted by Crippen LogP contribution is -2.42. The molecule has 0 bridgehead atoms. The molecular weight excluding hydrogens is 286 g/mol. The van der Waals surface area contributed by atoms with Crippen LogP contribution in [0.5, 0.6) is 0 Å². The number of nitrogens with zero attached hydrogens (tertiary/aromatic N) is 1. The minimum atomic E-state index is -0.0594. The van der Waals surface area contributed by atoms with Gasteiger partial charge in [0.25, 0.3) is 0 Å². The number of hydrogen-bond donors (Lipinski definition) is 2. The number of benzene rings is 1. The van der Waals surface area contributed by atoms with Crippen molar-refractivity contribution in [2.24, 2.45) is 5.92 Å². The molecule has 1 saturated heterocycles. The maximum atomic E-state index is 11.9. The molecule has 0 radical (unpaired) electrons. The SMILES string of the molecule is CC1CCN(CCNC(=O)NCc2ccc3c(c2)CCC3)CC1. The lowest BCUT2D eigenvalue weighted by atomic mass is 9.99. The topological polar surface area (TPSA) is 44.4 Å². The third-order valence-electron chi connectivity index (χ3n) is 5.21. The van der Waals surface area contributed by atoms with Gasteiger partial charge in [0.15, 0.2) is 0 Å². The van der Waals surface area contributed by atoms with Crippen molar-refractivity contribution in [2.45, 2.75) is 45.6 Å². The number of piperidine rings is 1. The molecule has 0 aromatic heterocycles. The summed E-state index contributed by atoms with van der Waals surface area (Å²) in [5.41, 5.74) is 4.14. The van der Waals surface area contributed by atoms with Gasteiger partial charge < -0.3 is 15.5 Å². The van der Waals surface area contributed by atoms with E-state index in [0.29, 0.717) is 6.54 Å². The van der Waals surface area contributed by atoms with Crippen molar-refractivity contribution in [3.63, 3.8) is 0 Å². The maximum Gasteiger partial charge on any atom is 0.315 e. The number of aryl methyl sites for hydroxylation is 2. The number of carbonyl (C=O) groups is 1. The Morgan fingerprint density at radius 3 is 2.78 bits per heavy atom. The zero-order chi connectivity index (χ0) is 16.1. The van der Waals surface area contributed by atoms with Gasteiger partial charge in [-0.25, -0.2) is 4.79 Å². The highest BCUT2D eigenvalue weighted by Gasteiger charge is 2.15. The first kappa shape index (κ1) is 16.3. The van der Waals surface area contributed by atoms with Gasteiger partial charge in [-0.2, -0.15) is 0 Å². The van der Waals surface area contributed by atoms with Gasteiger partial charge in [-0.1, -0.05) is 25.1 Å². The highest BCUT2D eigenvalue weighted by atomic mass is 16.2. The summed E-state index contributed by atoms with van der Waals surface area (Å²) in [5, 5.41) is 5.94. The van der Waals surface area contributed by atoms with Crippen LogP contribution in [-0.4, -0.2) is 37.1 Å². The monoisotopic (exact) mass is 315 g/mol. The van der Waals surface area contributed by atoms with Crippen LogP contribution in [0.3, 0.4) is 0 Å². The molecule has 4 heteroatoms. The van der Waals surface area contributed by atoms with Crippen molar-refractivity contribution < 1.29 is 4.79 Å². The highest BCUT2D eigenvalue weighted by molar-refractivity contribution is 5.73. The van der Waals surface area contributed by atoms with E-state index in [9.17, 15) is 4.79 Å². The predicted octanol–water partition coefficient (Wildman–Crippen LogP) is 2.71. The fourth-order valence-corrected chi connectivity index (χ4v) is 3.59. The molecule has 1 aliphatic heterocycles. The van der Waals surface area contributed by atoms with Crippen molar-refractivity contribution in [3.05, 3.63) is 34.9 Å². The average molecular weight is 315 g/mol. The zero-order valence-electron chi connectivity index (χ0n) is 14.2. The van der Waals surface area contributed by atoms with Gasteiger partial charge in [-0.15, -0.1) is 0 Å². The standard InChI is InChI=1S/C19H29N3O/c1-15-7-10-22(11-8-15)12-9-20-19(23)21-14-16-5-6-17-3-2-4-18(17)13-16/h5-6,13,15H,2-4,7-12,14H2,1H3,(H2,20,21,23). The summed E-state index contributed by atoms with van der Waals surface area (Å²) >= 11 is 0. The van der Waals surface area contributed by atoms with Crippen molar-refractivity contribution in [1.29, 1.82) is 0 Å². The number of rotatable bonds is 5. The molecule has 0 saturated carbocycles. The number of likely N-dealkylation sites (tertiary alicyclic amines) is 1. The Labute approximate surface area is 139 Å². The van der Waals surface area contributed by atoms with Crippen molar-refractivity contribution in [1.82, 2.24) is 15.5 Å². The first-order chi connectivity index (χ1) is 11.2. The second-order valence-corrected chi connectivity index (χ2v) is 7.09. The Bertz CT molecular complexity index is 535. The molecule has 126 valence electrons. The van der Waals surface area contributed by atoms with E-state index in [4.69, 9.17) is 0 Å². The second-order valence-electron chi connectivity index (χ2n) is 7.09. The number of amides is 2. The van der Waals surface area contributed by atoms with Crippen LogP contribution < -0.4 is 10.6 Å². The predicted molar refractivity (Wildman–Crippen MR) is 93.5 cm³/mol. The van der Waals surface area contributed by atoms with E-state index in [1.807, 2.05) is 0 Å². The molecule has 1 fully saturated rings. The van der Waals surface area contributed by atoms with Gasteiger partial charge in [0.05, 0.1) is 0 Å². The summed E-state index contributed by atoms with van der Waals surface area (Å²) in [6, 6.07) is 6.54. The molecule has 0 atom stereocenters. The zero-order valence-corrected chi connectivity index (χ0v) is 14.2. The summed E-state index contributed by atoms with van der Waals surface area (Å²) in [7, 11) is 0. The molecule has 4 nitrogen and oxygen atoms in total. The molecular formula is C19H29N3O. The van der Waals surface area contributed by atoms with E-state index < -0.39 is 0 Å². The average Bonchev–Trinajstić information content (AvgIpc) is 3.02. The van der Waals surface area contributed by atoms with Crippen molar-refractivity contribution >= 4 is 6.03 Å². The minimum Gasteiger partial charge on any atom is -0.337 e. The normalized spacial score (nSPS) is 18.7. The van der Waals surface area contributed by atoms with Crippen LogP contribution >= 0.6 is 0 Å². The van der Waals surface area contributed by atoms with Gasteiger partial charge in [-0.3, -0.25) is 0 Å². The van der Waals surface area contributed by atoms with Crippen LogP contribution in [0.1, 0.15) is 42.9 Å². The molecule has 1 aliphatic carbocycles. The Hall–Kier alpha value is -1.55. The smallest absolute Gasteiger partial charge is 0.315 e. The summed E-state index contributed by atoms with van der Waals surface area (Å²) in [5.74, 6) is 0.856. The fourth-order valence-electron chi connectivity index (χ4n) is 3.59. The summed E-state index contributed by atoms with van der Waals surface area (Å²) < 4.78 is 0. The molecule has 23 heavy (non-hydrogen) atoms. The molecule has 3 rings (SSSR count). The number of carbonyl (C=O) groups excluding carboxylic acids is 1. The van der Waals surface area contributed by atoms with E-state index >= 15 is 0 Å². The molecule has 1 heterocycles. The molecule has 2 aliphatic rings. The maximum absolute atomic E-state index is 11.9.